The standard InChI is InChI=1S/C16H21NO5/c1-16(2,3)22-15(19)21-14(18)13-9-12(10-17-13)20-11-7-5-4-6-8-11/h4-8,12-13,17H,9-10H2,1-3H3. The van der Waals surface area contributed by atoms with Crippen LogP contribution in [0, 0.1) is 0 Å². The van der Waals surface area contributed by atoms with Gasteiger partial charge in [0.2, 0.25) is 0 Å². The maximum absolute atomic E-state index is 11.9. The number of ether oxygens (including phenoxy) is 3. The molecule has 6 heteroatoms. The third-order valence-corrected chi connectivity index (χ3v) is 2.99. The van der Waals surface area contributed by atoms with Crippen molar-refractivity contribution in [3.63, 3.8) is 0 Å². The van der Waals surface area contributed by atoms with Crippen LogP contribution in [-0.2, 0) is 14.3 Å². The molecule has 1 aliphatic heterocycles. The molecule has 1 saturated heterocycles. The van der Waals surface area contributed by atoms with Crippen LogP contribution in [0.25, 0.3) is 0 Å². The SMILES string of the molecule is CC(C)(C)OC(=O)OC(=O)C1CC(Oc2ccccc2)CN1. The molecule has 0 spiro atoms. The molecule has 120 valence electrons. The smallest absolute Gasteiger partial charge is 0.489 e. The summed E-state index contributed by atoms with van der Waals surface area (Å²) in [5, 5.41) is 2.99. The zero-order chi connectivity index (χ0) is 16.2. The van der Waals surface area contributed by atoms with Gasteiger partial charge in [0.15, 0.2) is 0 Å². The Morgan fingerprint density at radius 3 is 2.50 bits per heavy atom. The molecule has 1 aromatic rings. The number of benzene rings is 1. The molecule has 0 bridgehead atoms. The van der Waals surface area contributed by atoms with Crippen molar-refractivity contribution in [2.24, 2.45) is 0 Å². The molecular weight excluding hydrogens is 286 g/mol. The number of nitrogens with one attached hydrogen (secondary N) is 1. The van der Waals surface area contributed by atoms with Gasteiger partial charge in [-0.15, -0.1) is 0 Å². The van der Waals surface area contributed by atoms with Crippen molar-refractivity contribution in [3.8, 4) is 5.75 Å². The highest BCUT2D eigenvalue weighted by atomic mass is 16.7. The molecule has 2 rings (SSSR count). The van der Waals surface area contributed by atoms with Crippen LogP contribution in [0.3, 0.4) is 0 Å². The molecule has 0 aromatic heterocycles. The van der Waals surface area contributed by atoms with Gasteiger partial charge in [0.25, 0.3) is 0 Å². The van der Waals surface area contributed by atoms with Crippen molar-refractivity contribution in [3.05, 3.63) is 30.3 Å². The van der Waals surface area contributed by atoms with Gasteiger partial charge >= 0.3 is 12.1 Å². The molecule has 0 amide bonds. The predicted octanol–water partition coefficient (Wildman–Crippen LogP) is 2.27. The van der Waals surface area contributed by atoms with Crippen molar-refractivity contribution in [2.45, 2.75) is 44.9 Å². The molecule has 22 heavy (non-hydrogen) atoms. The fourth-order valence-electron chi connectivity index (χ4n) is 2.09. The summed E-state index contributed by atoms with van der Waals surface area (Å²) in [6, 6.07) is 8.80. The molecule has 1 heterocycles. The Bertz CT molecular complexity index is 523. The van der Waals surface area contributed by atoms with E-state index in [0.717, 1.165) is 5.75 Å². The highest BCUT2D eigenvalue weighted by Crippen LogP contribution is 2.18. The van der Waals surface area contributed by atoms with Gasteiger partial charge in [0.1, 0.15) is 23.5 Å². The van der Waals surface area contributed by atoms with Crippen LogP contribution in [0.5, 0.6) is 5.75 Å². The van der Waals surface area contributed by atoms with Crippen molar-refractivity contribution < 1.29 is 23.8 Å². The molecule has 0 aliphatic carbocycles. The first kappa shape index (κ1) is 16.3. The summed E-state index contributed by atoms with van der Waals surface area (Å²) in [5.41, 5.74) is -0.695. The largest absolute Gasteiger partial charge is 0.516 e. The lowest BCUT2D eigenvalue weighted by molar-refractivity contribution is -0.143. The van der Waals surface area contributed by atoms with Crippen molar-refractivity contribution in [2.75, 3.05) is 6.54 Å². The highest BCUT2D eigenvalue weighted by Gasteiger charge is 2.34. The second kappa shape index (κ2) is 6.79. The summed E-state index contributed by atoms with van der Waals surface area (Å²) in [4.78, 5) is 23.4. The Hall–Kier alpha value is -2.08. The van der Waals surface area contributed by atoms with Crippen LogP contribution < -0.4 is 10.1 Å². The summed E-state index contributed by atoms with van der Waals surface area (Å²) in [6.07, 6.45) is -0.679. The molecule has 1 N–H and O–H groups in total. The molecule has 1 fully saturated rings. The normalized spacial score (nSPS) is 21.2. The quantitative estimate of drug-likeness (QED) is 0.682. The molecule has 1 aromatic carbocycles. The van der Waals surface area contributed by atoms with Gasteiger partial charge in [-0.2, -0.15) is 0 Å². The number of carbonyl (C=O) groups excluding carboxylic acids is 2. The number of hydrogen-bond acceptors (Lipinski definition) is 6. The molecule has 2 unspecified atom stereocenters. The molecular formula is C16H21NO5. The van der Waals surface area contributed by atoms with Gasteiger partial charge in [0, 0.05) is 13.0 Å². The summed E-state index contributed by atoms with van der Waals surface area (Å²) >= 11 is 0. The Morgan fingerprint density at radius 1 is 1.18 bits per heavy atom. The lowest BCUT2D eigenvalue weighted by Gasteiger charge is -2.19. The van der Waals surface area contributed by atoms with Gasteiger partial charge in [-0.05, 0) is 32.9 Å². The van der Waals surface area contributed by atoms with E-state index in [0.29, 0.717) is 13.0 Å². The van der Waals surface area contributed by atoms with E-state index in [4.69, 9.17) is 14.2 Å². The van der Waals surface area contributed by atoms with Crippen LogP contribution >= 0.6 is 0 Å². The van der Waals surface area contributed by atoms with E-state index in [1.54, 1.807) is 20.8 Å². The maximum atomic E-state index is 11.9. The van der Waals surface area contributed by atoms with Gasteiger partial charge < -0.3 is 19.5 Å². The number of rotatable bonds is 3. The second-order valence-electron chi connectivity index (χ2n) is 6.13. The third kappa shape index (κ3) is 5.04. The maximum Gasteiger partial charge on any atom is 0.516 e. The van der Waals surface area contributed by atoms with E-state index in [1.807, 2.05) is 30.3 Å². The first-order valence-corrected chi connectivity index (χ1v) is 7.23. The Morgan fingerprint density at radius 2 is 1.86 bits per heavy atom. The van der Waals surface area contributed by atoms with E-state index in [2.05, 4.69) is 5.32 Å². The summed E-state index contributed by atoms with van der Waals surface area (Å²) < 4.78 is 15.4. The van der Waals surface area contributed by atoms with Crippen molar-refractivity contribution in [1.29, 1.82) is 0 Å². The summed E-state index contributed by atoms with van der Waals surface area (Å²) in [6.45, 7) is 5.63. The first-order chi connectivity index (χ1) is 10.3. The van der Waals surface area contributed by atoms with Crippen LogP contribution in [0.2, 0.25) is 0 Å². The lowest BCUT2D eigenvalue weighted by Crippen LogP contribution is -2.35. The average molecular weight is 307 g/mol. The van der Waals surface area contributed by atoms with Gasteiger partial charge in [-0.1, -0.05) is 18.2 Å². The zero-order valence-corrected chi connectivity index (χ0v) is 13.0. The van der Waals surface area contributed by atoms with Crippen LogP contribution in [0.4, 0.5) is 4.79 Å². The van der Waals surface area contributed by atoms with E-state index in [9.17, 15) is 9.59 Å². The van der Waals surface area contributed by atoms with E-state index in [-0.39, 0.29) is 6.10 Å². The molecule has 0 saturated carbocycles. The average Bonchev–Trinajstić information content (AvgIpc) is 2.86. The van der Waals surface area contributed by atoms with Gasteiger partial charge in [0.05, 0.1) is 0 Å². The van der Waals surface area contributed by atoms with E-state index < -0.39 is 23.8 Å². The minimum Gasteiger partial charge on any atom is -0.489 e. The molecule has 2 atom stereocenters. The molecule has 6 nitrogen and oxygen atoms in total. The van der Waals surface area contributed by atoms with E-state index in [1.165, 1.54) is 0 Å². The van der Waals surface area contributed by atoms with Gasteiger partial charge in [-0.25, -0.2) is 9.59 Å². The fraction of sp³-hybridized carbons (Fsp3) is 0.500. The van der Waals surface area contributed by atoms with Gasteiger partial charge in [-0.3, -0.25) is 0 Å². The zero-order valence-electron chi connectivity index (χ0n) is 13.0. The molecule has 0 radical (unpaired) electrons. The third-order valence-electron chi connectivity index (χ3n) is 2.99. The summed E-state index contributed by atoms with van der Waals surface area (Å²) in [7, 11) is 0. The summed E-state index contributed by atoms with van der Waals surface area (Å²) in [5.74, 6) is 0.101. The van der Waals surface area contributed by atoms with Crippen molar-refractivity contribution in [1.82, 2.24) is 5.32 Å². The first-order valence-electron chi connectivity index (χ1n) is 7.23. The predicted molar refractivity (Wildman–Crippen MR) is 79.6 cm³/mol. The second-order valence-corrected chi connectivity index (χ2v) is 6.13. The lowest BCUT2D eigenvalue weighted by atomic mass is 10.2. The van der Waals surface area contributed by atoms with E-state index >= 15 is 0 Å². The Balaban J connectivity index is 1.80. The highest BCUT2D eigenvalue weighted by molar-refractivity contribution is 5.86. The van der Waals surface area contributed by atoms with Crippen LogP contribution in [0.15, 0.2) is 30.3 Å². The topological polar surface area (TPSA) is 73.9 Å². The number of esters is 1. The minimum atomic E-state index is -0.980. The number of para-hydroxylation sites is 1. The minimum absolute atomic E-state index is 0.140. The Labute approximate surface area is 129 Å². The fourth-order valence-corrected chi connectivity index (χ4v) is 2.09. The monoisotopic (exact) mass is 307 g/mol. The molecule has 1 aliphatic rings. The van der Waals surface area contributed by atoms with Crippen LogP contribution in [-0.4, -0.2) is 36.4 Å². The van der Waals surface area contributed by atoms with Crippen molar-refractivity contribution >= 4 is 12.1 Å². The Kier molecular flexibility index (Phi) is 5.03. The number of hydrogen-bond donors (Lipinski definition) is 1. The van der Waals surface area contributed by atoms with Crippen LogP contribution in [0.1, 0.15) is 27.2 Å². The number of carbonyl (C=O) groups is 2.